The van der Waals surface area contributed by atoms with E-state index >= 15 is 0 Å². The summed E-state index contributed by atoms with van der Waals surface area (Å²) in [5.41, 5.74) is 4.22. The molecule has 0 atom stereocenters. The molecule has 0 saturated heterocycles. The van der Waals surface area contributed by atoms with Crippen molar-refractivity contribution in [2.75, 3.05) is 6.61 Å². The Morgan fingerprint density at radius 2 is 2.00 bits per heavy atom. The fourth-order valence-corrected chi connectivity index (χ4v) is 2.66. The van der Waals surface area contributed by atoms with E-state index in [1.807, 2.05) is 6.08 Å². The van der Waals surface area contributed by atoms with E-state index in [0.29, 0.717) is 12.2 Å². The standard InChI is InChI=1S/C21H24O2/c1-5-19-16(4)9-11-18-14-17(10-12-20(18)19)8-6-7-13-23-21(22)15(2)3/h5,9-12,14H,1-2,6-8,13H2,3-4H3. The second-order valence-corrected chi connectivity index (χ2v) is 5.93. The molecule has 120 valence electrons. The van der Waals surface area contributed by atoms with Crippen molar-refractivity contribution in [2.45, 2.75) is 33.1 Å². The van der Waals surface area contributed by atoms with Crippen molar-refractivity contribution in [1.29, 1.82) is 0 Å². The van der Waals surface area contributed by atoms with Gasteiger partial charge in [-0.1, -0.05) is 49.6 Å². The van der Waals surface area contributed by atoms with E-state index in [1.165, 1.54) is 27.5 Å². The number of fused-ring (bicyclic) bond motifs is 1. The summed E-state index contributed by atoms with van der Waals surface area (Å²) < 4.78 is 5.11. The highest BCUT2D eigenvalue weighted by Gasteiger charge is 2.04. The van der Waals surface area contributed by atoms with Crippen LogP contribution in [0.1, 0.15) is 36.5 Å². The van der Waals surface area contributed by atoms with Gasteiger partial charge in [0.1, 0.15) is 0 Å². The molecule has 0 spiro atoms. The molecule has 0 fully saturated rings. The van der Waals surface area contributed by atoms with E-state index < -0.39 is 0 Å². The van der Waals surface area contributed by atoms with Crippen molar-refractivity contribution >= 4 is 22.8 Å². The summed E-state index contributed by atoms with van der Waals surface area (Å²) in [5.74, 6) is -0.303. The summed E-state index contributed by atoms with van der Waals surface area (Å²) in [7, 11) is 0. The van der Waals surface area contributed by atoms with Crippen LogP contribution in [-0.4, -0.2) is 12.6 Å². The van der Waals surface area contributed by atoms with Gasteiger partial charge in [0.15, 0.2) is 0 Å². The summed E-state index contributed by atoms with van der Waals surface area (Å²) >= 11 is 0. The van der Waals surface area contributed by atoms with Gasteiger partial charge in [-0.15, -0.1) is 0 Å². The van der Waals surface area contributed by atoms with Crippen LogP contribution in [0.2, 0.25) is 0 Å². The number of ether oxygens (including phenoxy) is 1. The molecule has 2 aromatic carbocycles. The molecule has 0 aliphatic rings. The molecule has 0 N–H and O–H groups in total. The Labute approximate surface area is 138 Å². The number of hydrogen-bond acceptors (Lipinski definition) is 2. The third-order valence-corrected chi connectivity index (χ3v) is 3.99. The van der Waals surface area contributed by atoms with Crippen molar-refractivity contribution < 1.29 is 9.53 Å². The lowest BCUT2D eigenvalue weighted by atomic mass is 9.97. The van der Waals surface area contributed by atoms with Crippen molar-refractivity contribution in [3.63, 3.8) is 0 Å². The summed E-state index contributed by atoms with van der Waals surface area (Å²) in [6.45, 7) is 11.7. The molecular formula is C21H24O2. The molecule has 0 bridgehead atoms. The van der Waals surface area contributed by atoms with E-state index in [-0.39, 0.29) is 5.97 Å². The Morgan fingerprint density at radius 3 is 2.70 bits per heavy atom. The topological polar surface area (TPSA) is 26.3 Å². The van der Waals surface area contributed by atoms with Crippen LogP contribution in [0.15, 0.2) is 49.1 Å². The van der Waals surface area contributed by atoms with Gasteiger partial charge in [-0.25, -0.2) is 4.79 Å². The van der Waals surface area contributed by atoms with E-state index in [4.69, 9.17) is 4.74 Å². The summed E-state index contributed by atoms with van der Waals surface area (Å²) in [5, 5.41) is 2.50. The van der Waals surface area contributed by atoms with Gasteiger partial charge in [0.2, 0.25) is 0 Å². The number of carbonyl (C=O) groups excluding carboxylic acids is 1. The number of rotatable bonds is 7. The molecule has 0 aliphatic heterocycles. The first-order valence-electron chi connectivity index (χ1n) is 8.00. The average Bonchev–Trinajstić information content (AvgIpc) is 2.54. The third kappa shape index (κ3) is 4.32. The van der Waals surface area contributed by atoms with Gasteiger partial charge in [0.05, 0.1) is 6.61 Å². The number of carbonyl (C=O) groups is 1. The Hall–Kier alpha value is -2.35. The van der Waals surface area contributed by atoms with Crippen LogP contribution >= 0.6 is 0 Å². The molecule has 0 radical (unpaired) electrons. The highest BCUT2D eigenvalue weighted by atomic mass is 16.5. The fraction of sp³-hybridized carbons (Fsp3) is 0.286. The van der Waals surface area contributed by atoms with Crippen LogP contribution in [0.3, 0.4) is 0 Å². The van der Waals surface area contributed by atoms with Crippen LogP contribution in [0, 0.1) is 6.92 Å². The van der Waals surface area contributed by atoms with E-state index in [1.54, 1.807) is 6.92 Å². The number of aryl methyl sites for hydroxylation is 2. The van der Waals surface area contributed by atoms with E-state index in [9.17, 15) is 4.79 Å². The van der Waals surface area contributed by atoms with Crippen LogP contribution in [-0.2, 0) is 16.0 Å². The van der Waals surface area contributed by atoms with Crippen molar-refractivity contribution in [3.8, 4) is 0 Å². The molecule has 2 rings (SSSR count). The minimum Gasteiger partial charge on any atom is -0.462 e. The number of esters is 1. The van der Waals surface area contributed by atoms with Crippen LogP contribution in [0.25, 0.3) is 16.8 Å². The molecular weight excluding hydrogens is 284 g/mol. The monoisotopic (exact) mass is 308 g/mol. The molecule has 23 heavy (non-hydrogen) atoms. The maximum Gasteiger partial charge on any atom is 0.333 e. The Bertz CT molecular complexity index is 741. The molecule has 2 aromatic rings. The molecule has 0 aliphatic carbocycles. The lowest BCUT2D eigenvalue weighted by Crippen LogP contribution is -2.06. The van der Waals surface area contributed by atoms with Crippen molar-refractivity contribution in [2.24, 2.45) is 0 Å². The first-order valence-corrected chi connectivity index (χ1v) is 8.00. The minimum atomic E-state index is -0.303. The summed E-state index contributed by atoms with van der Waals surface area (Å²) in [6.07, 6.45) is 4.77. The van der Waals surface area contributed by atoms with Crippen LogP contribution < -0.4 is 0 Å². The first-order chi connectivity index (χ1) is 11.0. The predicted molar refractivity (Wildman–Crippen MR) is 97.5 cm³/mol. The van der Waals surface area contributed by atoms with Gasteiger partial charge >= 0.3 is 5.97 Å². The molecule has 0 unspecified atom stereocenters. The van der Waals surface area contributed by atoms with Crippen molar-refractivity contribution in [3.05, 3.63) is 65.8 Å². The van der Waals surface area contributed by atoms with Gasteiger partial charge in [-0.3, -0.25) is 0 Å². The Morgan fingerprint density at radius 1 is 1.22 bits per heavy atom. The zero-order chi connectivity index (χ0) is 16.8. The quantitative estimate of drug-likeness (QED) is 0.397. The van der Waals surface area contributed by atoms with Gasteiger partial charge in [-0.2, -0.15) is 0 Å². The lowest BCUT2D eigenvalue weighted by Gasteiger charge is -2.09. The van der Waals surface area contributed by atoms with Gasteiger partial charge in [0.25, 0.3) is 0 Å². The predicted octanol–water partition coefficient (Wildman–Crippen LogP) is 5.23. The molecule has 0 heterocycles. The maximum atomic E-state index is 11.3. The normalized spacial score (nSPS) is 10.5. The zero-order valence-electron chi connectivity index (χ0n) is 14.0. The van der Waals surface area contributed by atoms with Gasteiger partial charge in [0, 0.05) is 5.57 Å². The highest BCUT2D eigenvalue weighted by Crippen LogP contribution is 2.24. The van der Waals surface area contributed by atoms with Gasteiger partial charge in [-0.05, 0) is 60.6 Å². The van der Waals surface area contributed by atoms with Gasteiger partial charge < -0.3 is 4.74 Å². The van der Waals surface area contributed by atoms with Crippen molar-refractivity contribution in [1.82, 2.24) is 0 Å². The second kappa shape index (κ2) is 7.77. The number of unbranched alkanes of at least 4 members (excludes halogenated alkanes) is 1. The van der Waals surface area contributed by atoms with E-state index in [0.717, 1.165) is 19.3 Å². The SMILES string of the molecule is C=Cc1c(C)ccc2cc(CCCCOC(=O)C(=C)C)ccc12. The molecule has 0 aromatic heterocycles. The average molecular weight is 308 g/mol. The Kier molecular flexibility index (Phi) is 5.75. The summed E-state index contributed by atoms with van der Waals surface area (Å²) in [6, 6.07) is 10.9. The second-order valence-electron chi connectivity index (χ2n) is 5.93. The Balaban J connectivity index is 1.94. The van der Waals surface area contributed by atoms with E-state index in [2.05, 4.69) is 50.4 Å². The third-order valence-electron chi connectivity index (χ3n) is 3.99. The van der Waals surface area contributed by atoms with Crippen LogP contribution in [0.4, 0.5) is 0 Å². The number of benzene rings is 2. The van der Waals surface area contributed by atoms with Crippen LogP contribution in [0.5, 0.6) is 0 Å². The number of hydrogen-bond donors (Lipinski definition) is 0. The zero-order valence-corrected chi connectivity index (χ0v) is 14.0. The molecule has 0 amide bonds. The maximum absolute atomic E-state index is 11.3. The molecule has 2 heteroatoms. The lowest BCUT2D eigenvalue weighted by molar-refractivity contribution is -0.139. The molecule has 0 saturated carbocycles. The highest BCUT2D eigenvalue weighted by molar-refractivity contribution is 5.92. The minimum absolute atomic E-state index is 0.303. The largest absolute Gasteiger partial charge is 0.462 e. The smallest absolute Gasteiger partial charge is 0.333 e. The summed E-state index contributed by atoms with van der Waals surface area (Å²) in [4.78, 5) is 11.3. The fourth-order valence-electron chi connectivity index (χ4n) is 2.66. The first kappa shape index (κ1) is 17.0. The molecule has 2 nitrogen and oxygen atoms in total.